The average molecular weight is 787 g/mol. The van der Waals surface area contributed by atoms with Crippen LogP contribution in [0.2, 0.25) is 0 Å². The summed E-state index contributed by atoms with van der Waals surface area (Å²) >= 11 is 0. The molecule has 8 aliphatic carbocycles. The summed E-state index contributed by atoms with van der Waals surface area (Å²) in [6.07, 6.45) is 12.5. The molecule has 8 aliphatic rings. The van der Waals surface area contributed by atoms with Crippen molar-refractivity contribution in [2.75, 3.05) is 4.90 Å². The van der Waals surface area contributed by atoms with Crippen LogP contribution >= 0.6 is 0 Å². The number of para-hydroxylation sites is 2. The normalized spacial score (nSPS) is 29.2. The minimum atomic E-state index is 0.119. The smallest absolute Gasteiger partial charge is 0.0541 e. The molecule has 0 radical (unpaired) electrons. The topological polar surface area (TPSA) is 8.17 Å². The number of hydrogen-bond donors (Lipinski definition) is 0. The van der Waals surface area contributed by atoms with Crippen molar-refractivity contribution in [3.05, 3.63) is 180 Å². The summed E-state index contributed by atoms with van der Waals surface area (Å²) in [6.45, 7) is 0. The standard InChI is InChI=1S/C59H50N2/c1-5-13-52-46(9-1)48-25-23-44(33-54(48)58(52)35-36-17-18-39(58)28-36)60(42-19-21-43(22-20-42)61-56-15-7-3-11-50(56)51-12-4-8-16-57(51)61)45-24-26-49-47-10-2-6-14-53(47)59(55(49)34-45)40-29-37-27-38(31-40)32-41(59)30-37/h1-16,19-26,33-34,36-41H,17-18,27-32,35H2. The molecule has 0 aliphatic heterocycles. The summed E-state index contributed by atoms with van der Waals surface area (Å²) < 4.78 is 2.45. The summed E-state index contributed by atoms with van der Waals surface area (Å²) in [5.41, 5.74) is 20.1. The zero-order valence-corrected chi connectivity index (χ0v) is 34.7. The molecular weight excluding hydrogens is 737 g/mol. The van der Waals surface area contributed by atoms with Crippen LogP contribution in [0.25, 0.3) is 49.7 Å². The molecule has 0 amide bonds. The van der Waals surface area contributed by atoms with E-state index in [1.165, 1.54) is 125 Å². The minimum Gasteiger partial charge on any atom is -0.310 e. The van der Waals surface area contributed by atoms with E-state index in [9.17, 15) is 0 Å². The second-order valence-electron chi connectivity index (χ2n) is 20.5. The van der Waals surface area contributed by atoms with E-state index in [0.29, 0.717) is 0 Å². The van der Waals surface area contributed by atoms with Gasteiger partial charge in [0.25, 0.3) is 0 Å². The van der Waals surface area contributed by atoms with Gasteiger partial charge < -0.3 is 9.47 Å². The Kier molecular flexibility index (Phi) is 6.62. The first-order valence-corrected chi connectivity index (χ1v) is 23.5. The molecule has 0 saturated heterocycles. The second-order valence-corrected chi connectivity index (χ2v) is 20.5. The van der Waals surface area contributed by atoms with Crippen molar-refractivity contribution >= 4 is 38.9 Å². The van der Waals surface area contributed by atoms with E-state index in [0.717, 1.165) is 35.5 Å². The third-order valence-corrected chi connectivity index (χ3v) is 18.0. The fourth-order valence-electron chi connectivity index (χ4n) is 16.2. The number of fused-ring (bicyclic) bond motifs is 14. The monoisotopic (exact) mass is 786 g/mol. The summed E-state index contributed by atoms with van der Waals surface area (Å²) in [7, 11) is 0. The second kappa shape index (κ2) is 11.9. The molecule has 296 valence electrons. The van der Waals surface area contributed by atoms with Crippen molar-refractivity contribution in [2.45, 2.75) is 68.6 Å². The zero-order chi connectivity index (χ0) is 39.6. The summed E-state index contributed by atoms with van der Waals surface area (Å²) in [4.78, 5) is 2.63. The third kappa shape index (κ3) is 4.25. The molecule has 8 aromatic rings. The van der Waals surface area contributed by atoms with Crippen LogP contribution in [-0.4, -0.2) is 4.57 Å². The van der Waals surface area contributed by atoms with Gasteiger partial charge in [0.2, 0.25) is 0 Å². The van der Waals surface area contributed by atoms with Gasteiger partial charge in [0.1, 0.15) is 0 Å². The van der Waals surface area contributed by atoms with Gasteiger partial charge in [0, 0.05) is 44.4 Å². The van der Waals surface area contributed by atoms with Crippen molar-refractivity contribution in [3.8, 4) is 27.9 Å². The highest BCUT2D eigenvalue weighted by Crippen LogP contribution is 2.70. The average Bonchev–Trinajstić information content (AvgIpc) is 4.12. The van der Waals surface area contributed by atoms with Crippen LogP contribution in [0, 0.1) is 35.5 Å². The molecule has 61 heavy (non-hydrogen) atoms. The van der Waals surface area contributed by atoms with Gasteiger partial charge in [-0.3, -0.25) is 0 Å². The van der Waals surface area contributed by atoms with E-state index in [-0.39, 0.29) is 10.8 Å². The van der Waals surface area contributed by atoms with Crippen LogP contribution in [0.5, 0.6) is 0 Å². The van der Waals surface area contributed by atoms with Crippen LogP contribution < -0.4 is 4.90 Å². The minimum absolute atomic E-state index is 0.119. The predicted molar refractivity (Wildman–Crippen MR) is 250 cm³/mol. The van der Waals surface area contributed by atoms with Crippen molar-refractivity contribution in [2.24, 2.45) is 35.5 Å². The molecule has 2 heteroatoms. The van der Waals surface area contributed by atoms with Gasteiger partial charge in [-0.2, -0.15) is 0 Å². The summed E-state index contributed by atoms with van der Waals surface area (Å²) in [5.74, 6) is 4.88. The lowest BCUT2D eigenvalue weighted by Gasteiger charge is -2.61. The highest BCUT2D eigenvalue weighted by Gasteiger charge is 2.62. The predicted octanol–water partition coefficient (Wildman–Crippen LogP) is 15.1. The first-order chi connectivity index (χ1) is 30.2. The van der Waals surface area contributed by atoms with E-state index >= 15 is 0 Å². The van der Waals surface area contributed by atoms with Crippen LogP contribution in [0.3, 0.4) is 0 Å². The summed E-state index contributed by atoms with van der Waals surface area (Å²) in [6, 6.07) is 61.5. The maximum atomic E-state index is 2.69. The third-order valence-electron chi connectivity index (χ3n) is 18.0. The lowest BCUT2D eigenvalue weighted by molar-refractivity contribution is -0.0399. The number of anilines is 3. The van der Waals surface area contributed by atoms with Gasteiger partial charge in [-0.25, -0.2) is 0 Å². The van der Waals surface area contributed by atoms with Gasteiger partial charge >= 0.3 is 0 Å². The molecule has 1 aromatic heterocycles. The number of rotatable bonds is 4. The van der Waals surface area contributed by atoms with Crippen LogP contribution in [0.4, 0.5) is 17.1 Å². The fourth-order valence-corrected chi connectivity index (χ4v) is 16.2. The van der Waals surface area contributed by atoms with E-state index in [1.807, 2.05) is 0 Å². The lowest BCUT2D eigenvalue weighted by Crippen LogP contribution is -2.55. The fraction of sp³-hybridized carbons (Fsp3) is 0.288. The number of hydrogen-bond acceptors (Lipinski definition) is 1. The Bertz CT molecular complexity index is 3070. The molecule has 3 unspecified atom stereocenters. The quantitative estimate of drug-likeness (QED) is 0.172. The van der Waals surface area contributed by atoms with Crippen molar-refractivity contribution in [1.29, 1.82) is 0 Å². The molecule has 6 bridgehead atoms. The van der Waals surface area contributed by atoms with Gasteiger partial charge in [-0.15, -0.1) is 0 Å². The Morgan fingerprint density at radius 3 is 1.57 bits per heavy atom. The van der Waals surface area contributed by atoms with Crippen molar-refractivity contribution in [1.82, 2.24) is 4.57 Å². The molecule has 16 rings (SSSR count). The first kappa shape index (κ1) is 33.8. The highest BCUT2D eigenvalue weighted by atomic mass is 15.1. The number of benzene rings is 7. The van der Waals surface area contributed by atoms with Crippen LogP contribution in [0.1, 0.15) is 80.0 Å². The Hall–Kier alpha value is -5.86. The molecule has 0 N–H and O–H groups in total. The SMILES string of the molecule is c1ccc2c(c1)-c1ccc(N(c3ccc(-n4c5ccccc5c5ccccc54)cc3)c3ccc4c(c3)C3(c5ccccc5-4)C4CC5CC(C4)CC3C5)cc1C21CC2CCC1C2. The van der Waals surface area contributed by atoms with E-state index in [1.54, 1.807) is 22.3 Å². The Balaban J connectivity index is 0.937. The maximum absolute atomic E-state index is 2.69. The maximum Gasteiger partial charge on any atom is 0.0541 e. The first-order valence-electron chi connectivity index (χ1n) is 23.5. The zero-order valence-electron chi connectivity index (χ0n) is 34.7. The number of nitrogens with zero attached hydrogens (tertiary/aromatic N) is 2. The van der Waals surface area contributed by atoms with Crippen LogP contribution in [-0.2, 0) is 10.8 Å². The molecule has 6 saturated carbocycles. The Morgan fingerprint density at radius 2 is 0.934 bits per heavy atom. The molecule has 3 atom stereocenters. The molecule has 1 heterocycles. The van der Waals surface area contributed by atoms with E-state index in [2.05, 4.69) is 167 Å². The van der Waals surface area contributed by atoms with E-state index < -0.39 is 0 Å². The Labute approximate surface area is 358 Å². The van der Waals surface area contributed by atoms with Crippen LogP contribution in [0.15, 0.2) is 158 Å². The molecule has 6 fully saturated rings. The van der Waals surface area contributed by atoms with E-state index in [4.69, 9.17) is 0 Å². The van der Waals surface area contributed by atoms with Gasteiger partial charge in [0.05, 0.1) is 11.0 Å². The molecular formula is C59H50N2. The number of aromatic nitrogens is 1. The largest absolute Gasteiger partial charge is 0.310 e. The lowest BCUT2D eigenvalue weighted by atomic mass is 9.43. The molecule has 7 aromatic carbocycles. The molecule has 2 spiro atoms. The van der Waals surface area contributed by atoms with Gasteiger partial charge in [-0.05, 0) is 192 Å². The van der Waals surface area contributed by atoms with Gasteiger partial charge in [-0.1, -0.05) is 103 Å². The summed E-state index contributed by atoms with van der Waals surface area (Å²) in [5, 5.41) is 2.60. The van der Waals surface area contributed by atoms with Crippen molar-refractivity contribution < 1.29 is 0 Å². The Morgan fingerprint density at radius 1 is 0.410 bits per heavy atom. The molecule has 2 nitrogen and oxygen atoms in total. The van der Waals surface area contributed by atoms with Gasteiger partial charge in [0.15, 0.2) is 0 Å². The highest BCUT2D eigenvalue weighted by molar-refractivity contribution is 6.09. The van der Waals surface area contributed by atoms with Crippen molar-refractivity contribution in [3.63, 3.8) is 0 Å².